The first-order valence-corrected chi connectivity index (χ1v) is 6.33. The molecule has 0 radical (unpaired) electrons. The minimum absolute atomic E-state index is 0.296. The Labute approximate surface area is 99.5 Å². The average molecular weight is 217 g/mol. The normalized spacial score (nSPS) is 19.7. The van der Waals surface area contributed by atoms with E-state index >= 15 is 0 Å². The van der Waals surface area contributed by atoms with E-state index in [-0.39, 0.29) is 0 Å². The molecule has 0 bridgehead atoms. The molecule has 1 aliphatic rings. The molecule has 0 N–H and O–H groups in total. The molecule has 0 fully saturated rings. The van der Waals surface area contributed by atoms with Gasteiger partial charge in [-0.25, -0.2) is 0 Å². The largest absolute Gasteiger partial charge is 0.368 e. The van der Waals surface area contributed by atoms with Gasteiger partial charge >= 0.3 is 0 Å². The molecule has 2 rings (SSSR count). The zero-order valence-corrected chi connectivity index (χ0v) is 11.2. The summed E-state index contributed by atoms with van der Waals surface area (Å²) in [6.45, 7) is 12.6. The van der Waals surface area contributed by atoms with Crippen molar-refractivity contribution in [2.45, 2.75) is 52.5 Å². The van der Waals surface area contributed by atoms with E-state index in [4.69, 9.17) is 0 Å². The first-order valence-electron chi connectivity index (χ1n) is 6.33. The summed E-state index contributed by atoms with van der Waals surface area (Å²) in [5.41, 5.74) is 4.64. The number of nitrogens with zero attached hydrogens (tertiary/aromatic N) is 1. The third-order valence-electron chi connectivity index (χ3n) is 3.88. The SMILES string of the molecule is CCC(C)N1CC(C)(C)c2cc(C)ccc21. The van der Waals surface area contributed by atoms with Crippen molar-refractivity contribution in [3.63, 3.8) is 0 Å². The van der Waals surface area contributed by atoms with Crippen LogP contribution in [-0.4, -0.2) is 12.6 Å². The maximum Gasteiger partial charge on any atom is 0.0407 e. The number of anilines is 1. The van der Waals surface area contributed by atoms with Crippen LogP contribution >= 0.6 is 0 Å². The van der Waals surface area contributed by atoms with Crippen LogP contribution in [-0.2, 0) is 5.41 Å². The van der Waals surface area contributed by atoms with E-state index in [0.717, 1.165) is 6.54 Å². The van der Waals surface area contributed by atoms with Gasteiger partial charge in [-0.1, -0.05) is 38.5 Å². The third kappa shape index (κ3) is 1.73. The average Bonchev–Trinajstić information content (AvgIpc) is 2.50. The second-order valence-electron chi connectivity index (χ2n) is 5.79. The van der Waals surface area contributed by atoms with E-state index in [2.05, 4.69) is 57.7 Å². The third-order valence-corrected chi connectivity index (χ3v) is 3.88. The fourth-order valence-corrected chi connectivity index (χ4v) is 2.65. The first-order chi connectivity index (χ1) is 7.45. The zero-order valence-electron chi connectivity index (χ0n) is 11.2. The van der Waals surface area contributed by atoms with Crippen LogP contribution in [0.25, 0.3) is 0 Å². The second kappa shape index (κ2) is 3.80. The van der Waals surface area contributed by atoms with E-state index in [1.165, 1.54) is 23.2 Å². The topological polar surface area (TPSA) is 3.24 Å². The predicted molar refractivity (Wildman–Crippen MR) is 71.3 cm³/mol. The summed E-state index contributed by atoms with van der Waals surface area (Å²) in [5, 5.41) is 0. The van der Waals surface area contributed by atoms with Crippen molar-refractivity contribution < 1.29 is 0 Å². The van der Waals surface area contributed by atoms with Crippen LogP contribution in [0.1, 0.15) is 45.2 Å². The van der Waals surface area contributed by atoms with E-state index in [1.54, 1.807) is 0 Å². The van der Waals surface area contributed by atoms with E-state index < -0.39 is 0 Å². The molecule has 1 heteroatoms. The molecule has 1 aromatic carbocycles. The Morgan fingerprint density at radius 3 is 2.69 bits per heavy atom. The van der Waals surface area contributed by atoms with E-state index in [0.29, 0.717) is 11.5 Å². The summed E-state index contributed by atoms with van der Waals surface area (Å²) in [4.78, 5) is 2.56. The number of fused-ring (bicyclic) bond motifs is 1. The van der Waals surface area contributed by atoms with Gasteiger partial charge in [-0.15, -0.1) is 0 Å². The molecule has 1 nitrogen and oxygen atoms in total. The van der Waals surface area contributed by atoms with Gasteiger partial charge in [-0.3, -0.25) is 0 Å². The Kier molecular flexibility index (Phi) is 2.73. The van der Waals surface area contributed by atoms with Gasteiger partial charge in [0.1, 0.15) is 0 Å². The van der Waals surface area contributed by atoms with Crippen molar-refractivity contribution >= 4 is 5.69 Å². The summed E-state index contributed by atoms with van der Waals surface area (Å²) < 4.78 is 0. The summed E-state index contributed by atoms with van der Waals surface area (Å²) >= 11 is 0. The van der Waals surface area contributed by atoms with Crippen LogP contribution in [0, 0.1) is 6.92 Å². The molecular formula is C15H23N. The minimum atomic E-state index is 0.296. The fourth-order valence-electron chi connectivity index (χ4n) is 2.65. The van der Waals surface area contributed by atoms with Crippen molar-refractivity contribution in [1.29, 1.82) is 0 Å². The molecule has 0 spiro atoms. The van der Waals surface area contributed by atoms with Crippen LogP contribution in [0.3, 0.4) is 0 Å². The molecule has 1 aliphatic heterocycles. The van der Waals surface area contributed by atoms with Crippen LogP contribution in [0.5, 0.6) is 0 Å². The van der Waals surface area contributed by atoms with Crippen molar-refractivity contribution in [3.05, 3.63) is 29.3 Å². The summed E-state index contributed by atoms with van der Waals surface area (Å²) in [5.74, 6) is 0. The molecule has 0 amide bonds. The van der Waals surface area contributed by atoms with Gasteiger partial charge in [0.15, 0.2) is 0 Å². The highest BCUT2D eigenvalue weighted by atomic mass is 15.2. The summed E-state index contributed by atoms with van der Waals surface area (Å²) in [6, 6.07) is 7.53. The number of hydrogen-bond acceptors (Lipinski definition) is 1. The van der Waals surface area contributed by atoms with Gasteiger partial charge in [-0.2, -0.15) is 0 Å². The van der Waals surface area contributed by atoms with E-state index in [1.807, 2.05) is 0 Å². The molecular weight excluding hydrogens is 194 g/mol. The lowest BCUT2D eigenvalue weighted by molar-refractivity contribution is 0.516. The monoisotopic (exact) mass is 217 g/mol. The highest BCUT2D eigenvalue weighted by molar-refractivity contribution is 5.63. The number of hydrogen-bond donors (Lipinski definition) is 0. The fraction of sp³-hybridized carbons (Fsp3) is 0.600. The van der Waals surface area contributed by atoms with Gasteiger partial charge in [0, 0.05) is 23.7 Å². The lowest BCUT2D eigenvalue weighted by Crippen LogP contribution is -2.35. The lowest BCUT2D eigenvalue weighted by atomic mass is 9.86. The van der Waals surface area contributed by atoms with Gasteiger partial charge in [0.2, 0.25) is 0 Å². The highest BCUT2D eigenvalue weighted by Crippen LogP contribution is 2.42. The molecule has 1 atom stereocenters. The van der Waals surface area contributed by atoms with Crippen LogP contribution in [0.4, 0.5) is 5.69 Å². The Balaban J connectivity index is 2.47. The quantitative estimate of drug-likeness (QED) is 0.726. The molecule has 0 saturated carbocycles. The van der Waals surface area contributed by atoms with Crippen molar-refractivity contribution in [1.82, 2.24) is 0 Å². The van der Waals surface area contributed by atoms with Crippen LogP contribution < -0.4 is 4.90 Å². The number of rotatable bonds is 2. The summed E-state index contributed by atoms with van der Waals surface area (Å²) in [7, 11) is 0. The molecule has 16 heavy (non-hydrogen) atoms. The zero-order chi connectivity index (χ0) is 11.9. The summed E-state index contributed by atoms with van der Waals surface area (Å²) in [6.07, 6.45) is 1.21. The molecule has 1 aromatic rings. The molecule has 0 aliphatic carbocycles. The molecule has 1 unspecified atom stereocenters. The van der Waals surface area contributed by atoms with Crippen molar-refractivity contribution in [3.8, 4) is 0 Å². The predicted octanol–water partition coefficient (Wildman–Crippen LogP) is 3.89. The van der Waals surface area contributed by atoms with Gasteiger partial charge in [0.05, 0.1) is 0 Å². The first kappa shape index (κ1) is 11.5. The molecule has 88 valence electrons. The molecule has 0 aromatic heterocycles. The van der Waals surface area contributed by atoms with Gasteiger partial charge in [-0.05, 0) is 31.9 Å². The maximum atomic E-state index is 2.56. The Hall–Kier alpha value is -0.980. The Morgan fingerprint density at radius 2 is 2.06 bits per heavy atom. The maximum absolute atomic E-state index is 2.56. The van der Waals surface area contributed by atoms with Gasteiger partial charge < -0.3 is 4.90 Å². The van der Waals surface area contributed by atoms with Crippen molar-refractivity contribution in [2.24, 2.45) is 0 Å². The molecule has 1 heterocycles. The lowest BCUT2D eigenvalue weighted by Gasteiger charge is -2.28. The van der Waals surface area contributed by atoms with Gasteiger partial charge in [0.25, 0.3) is 0 Å². The van der Waals surface area contributed by atoms with Crippen LogP contribution in [0.15, 0.2) is 18.2 Å². The standard InChI is InChI=1S/C15H23N/c1-6-12(3)16-10-15(4,5)13-9-11(2)7-8-14(13)16/h7-9,12H,6,10H2,1-5H3. The minimum Gasteiger partial charge on any atom is -0.368 e. The smallest absolute Gasteiger partial charge is 0.0407 e. The van der Waals surface area contributed by atoms with Crippen molar-refractivity contribution in [2.75, 3.05) is 11.4 Å². The number of benzene rings is 1. The molecule has 0 saturated heterocycles. The van der Waals surface area contributed by atoms with Crippen LogP contribution in [0.2, 0.25) is 0 Å². The number of aryl methyl sites for hydroxylation is 1. The van der Waals surface area contributed by atoms with E-state index in [9.17, 15) is 0 Å². The second-order valence-corrected chi connectivity index (χ2v) is 5.79. The Bertz CT molecular complexity index is 392. The Morgan fingerprint density at radius 1 is 1.38 bits per heavy atom. The highest BCUT2D eigenvalue weighted by Gasteiger charge is 2.36.